The van der Waals surface area contributed by atoms with Crippen molar-refractivity contribution in [2.75, 3.05) is 18.5 Å². The lowest BCUT2D eigenvalue weighted by molar-refractivity contribution is -0.140. The van der Waals surface area contributed by atoms with Crippen molar-refractivity contribution in [3.05, 3.63) is 105 Å². The summed E-state index contributed by atoms with van der Waals surface area (Å²) in [5.41, 5.74) is 4.86. The summed E-state index contributed by atoms with van der Waals surface area (Å²) in [6.07, 6.45) is 7.49. The highest BCUT2D eigenvalue weighted by Gasteiger charge is 2.20. The van der Waals surface area contributed by atoms with Gasteiger partial charge in [-0.3, -0.25) is 0 Å². The van der Waals surface area contributed by atoms with Crippen molar-refractivity contribution >= 4 is 46.5 Å². The van der Waals surface area contributed by atoms with Crippen molar-refractivity contribution in [2.45, 2.75) is 18.8 Å². The second-order valence-corrected chi connectivity index (χ2v) is 9.09. The Balaban J connectivity index is 0.00000274. The molecule has 34 heavy (non-hydrogen) atoms. The zero-order chi connectivity index (χ0) is 22.6. The lowest BCUT2D eigenvalue weighted by Gasteiger charge is -2.18. The highest BCUT2D eigenvalue weighted by molar-refractivity contribution is 7.13. The molecule has 2 N–H and O–H groups in total. The Morgan fingerprint density at radius 2 is 1.74 bits per heavy atom. The van der Waals surface area contributed by atoms with Gasteiger partial charge < -0.3 is 15.2 Å². The Morgan fingerprint density at radius 1 is 1.06 bits per heavy atom. The van der Waals surface area contributed by atoms with Crippen LogP contribution in [0.5, 0.6) is 0 Å². The van der Waals surface area contributed by atoms with Crippen LogP contribution in [0, 0.1) is 0 Å². The number of rotatable bonds is 9. The zero-order valence-corrected chi connectivity index (χ0v) is 20.1. The Bertz CT molecular complexity index is 1310. The maximum absolute atomic E-state index is 10.8. The average Bonchev–Trinajstić information content (AvgIpc) is 3.39. The number of hydrogen-bond donors (Lipinski definition) is 2. The number of ether oxygens (including phenoxy) is 1. The number of nitrogens with one attached hydrogen (secondary N) is 1. The largest absolute Gasteiger partial charge is 0.486 e. The lowest BCUT2D eigenvalue weighted by atomic mass is 9.88. The minimum atomic E-state index is -0.973. The molecule has 0 spiro atoms. The molecule has 0 unspecified atom stereocenters. The van der Waals surface area contributed by atoms with Gasteiger partial charge in [0.15, 0.2) is 11.7 Å². The number of allylic oxidation sites excluding steroid dienone is 4. The van der Waals surface area contributed by atoms with Crippen LogP contribution in [-0.2, 0) is 9.53 Å². The van der Waals surface area contributed by atoms with Gasteiger partial charge in [-0.1, -0.05) is 78.1 Å². The predicted molar refractivity (Wildman–Crippen MR) is 139 cm³/mol. The first-order chi connectivity index (χ1) is 16.2. The lowest BCUT2D eigenvalue weighted by Crippen LogP contribution is -2.20. The number of nitrogens with zero attached hydrogens (tertiary/aromatic N) is 1. The van der Waals surface area contributed by atoms with Gasteiger partial charge in [0.2, 0.25) is 0 Å². The summed E-state index contributed by atoms with van der Waals surface area (Å²) in [7, 11) is 0. The molecule has 0 saturated carbocycles. The molecule has 1 heterocycles. The van der Waals surface area contributed by atoms with Crippen molar-refractivity contribution in [3.8, 4) is 0 Å². The molecule has 2 aliphatic carbocycles. The van der Waals surface area contributed by atoms with Crippen molar-refractivity contribution in [2.24, 2.45) is 0 Å². The van der Waals surface area contributed by atoms with Gasteiger partial charge in [0, 0.05) is 18.9 Å². The summed E-state index contributed by atoms with van der Waals surface area (Å²) >= 11 is 1.65. The van der Waals surface area contributed by atoms with Gasteiger partial charge in [-0.15, -0.1) is 12.4 Å². The SMILES string of the molecule is Cl.O=C(O)COC1=CC=C2C=c3sc(NCCC(c4ccccc4)c4ccccc4)nc3=C2C1. The number of fused-ring (bicyclic) bond motifs is 2. The van der Waals surface area contributed by atoms with Crippen LogP contribution in [0.15, 0.2) is 84.1 Å². The first-order valence-corrected chi connectivity index (χ1v) is 11.8. The smallest absolute Gasteiger partial charge is 0.341 e. The summed E-state index contributed by atoms with van der Waals surface area (Å²) in [6.45, 7) is 0.485. The molecule has 3 aromatic rings. The van der Waals surface area contributed by atoms with Crippen LogP contribution in [0.3, 0.4) is 0 Å². The monoisotopic (exact) mass is 492 g/mol. The van der Waals surface area contributed by atoms with Crippen LogP contribution in [-0.4, -0.2) is 29.2 Å². The van der Waals surface area contributed by atoms with E-state index in [1.807, 2.05) is 12.2 Å². The number of hydrogen-bond acceptors (Lipinski definition) is 5. The van der Waals surface area contributed by atoms with E-state index in [2.05, 4.69) is 72.1 Å². The van der Waals surface area contributed by atoms with E-state index in [1.165, 1.54) is 11.1 Å². The Morgan fingerprint density at radius 3 is 2.38 bits per heavy atom. The first-order valence-electron chi connectivity index (χ1n) is 11.0. The van der Waals surface area contributed by atoms with Crippen molar-refractivity contribution in [1.82, 2.24) is 4.98 Å². The Kier molecular flexibility index (Phi) is 7.50. The highest BCUT2D eigenvalue weighted by atomic mass is 35.5. The second kappa shape index (κ2) is 10.7. The summed E-state index contributed by atoms with van der Waals surface area (Å²) in [5.74, 6) is 0.00637. The number of thiazole rings is 1. The van der Waals surface area contributed by atoms with Gasteiger partial charge in [0.25, 0.3) is 0 Å². The van der Waals surface area contributed by atoms with Crippen LogP contribution in [0.2, 0.25) is 0 Å². The van der Waals surface area contributed by atoms with Gasteiger partial charge in [-0.05, 0) is 40.8 Å². The van der Waals surface area contributed by atoms with Crippen LogP contribution in [0.25, 0.3) is 11.6 Å². The number of halogens is 1. The fraction of sp³-hybridized carbons (Fsp3) is 0.185. The molecule has 0 saturated heterocycles. The van der Waals surface area contributed by atoms with Crippen molar-refractivity contribution in [3.63, 3.8) is 0 Å². The summed E-state index contributed by atoms with van der Waals surface area (Å²) in [4.78, 5) is 15.6. The Hall–Kier alpha value is -3.35. The van der Waals surface area contributed by atoms with E-state index in [0.717, 1.165) is 39.1 Å². The topological polar surface area (TPSA) is 71.5 Å². The van der Waals surface area contributed by atoms with Crippen LogP contribution >= 0.6 is 23.7 Å². The van der Waals surface area contributed by atoms with E-state index in [1.54, 1.807) is 11.3 Å². The zero-order valence-electron chi connectivity index (χ0n) is 18.4. The van der Waals surface area contributed by atoms with Crippen molar-refractivity contribution in [1.29, 1.82) is 0 Å². The van der Waals surface area contributed by atoms with E-state index in [4.69, 9.17) is 14.8 Å². The molecule has 0 aliphatic heterocycles. The predicted octanol–water partition coefficient (Wildman–Crippen LogP) is 4.46. The molecule has 0 fully saturated rings. The molecule has 7 heteroatoms. The van der Waals surface area contributed by atoms with E-state index >= 15 is 0 Å². The first kappa shape index (κ1) is 23.8. The normalized spacial score (nSPS) is 13.7. The Labute approximate surface area is 208 Å². The number of aromatic nitrogens is 1. The minimum Gasteiger partial charge on any atom is -0.486 e. The molecule has 0 radical (unpaired) electrons. The van der Waals surface area contributed by atoms with E-state index in [0.29, 0.717) is 18.1 Å². The molecule has 0 bridgehead atoms. The number of anilines is 1. The molecule has 1 aromatic heterocycles. The fourth-order valence-corrected chi connectivity index (χ4v) is 5.28. The molecule has 5 rings (SSSR count). The number of carboxylic acid groups (broad SMARTS) is 1. The minimum absolute atomic E-state index is 0. The number of carbonyl (C=O) groups is 1. The van der Waals surface area contributed by atoms with E-state index in [9.17, 15) is 4.79 Å². The van der Waals surface area contributed by atoms with Gasteiger partial charge in [-0.25, -0.2) is 9.78 Å². The number of carboxylic acids is 1. The molecular weight excluding hydrogens is 468 g/mol. The van der Waals surface area contributed by atoms with Gasteiger partial charge >= 0.3 is 5.97 Å². The standard InChI is InChI=1S/C27H24N2O3S.ClH/c30-25(31)17-32-21-12-11-20-15-24-26(23(20)16-21)29-27(33-24)28-14-13-22(18-7-3-1-4-8-18)19-9-5-2-6-10-19;/h1-12,15,22H,13-14,16-17H2,(H,28,29)(H,30,31);1H. The van der Waals surface area contributed by atoms with Gasteiger partial charge in [-0.2, -0.15) is 0 Å². The quantitative estimate of drug-likeness (QED) is 0.461. The summed E-state index contributed by atoms with van der Waals surface area (Å²) in [5, 5.41) is 14.3. The molecule has 174 valence electrons. The molecule has 2 aliphatic rings. The second-order valence-electron chi connectivity index (χ2n) is 8.06. The summed E-state index contributed by atoms with van der Waals surface area (Å²) < 4.78 is 6.53. The molecular formula is C27H25ClN2O3S. The van der Waals surface area contributed by atoms with E-state index < -0.39 is 5.97 Å². The maximum atomic E-state index is 10.8. The van der Waals surface area contributed by atoms with Crippen LogP contribution < -0.4 is 15.2 Å². The third kappa shape index (κ3) is 5.24. The highest BCUT2D eigenvalue weighted by Crippen LogP contribution is 2.30. The maximum Gasteiger partial charge on any atom is 0.341 e. The van der Waals surface area contributed by atoms with Crippen molar-refractivity contribution < 1.29 is 14.6 Å². The van der Waals surface area contributed by atoms with Crippen LogP contribution in [0.1, 0.15) is 29.9 Å². The number of aliphatic carboxylic acids is 1. The third-order valence-corrected chi connectivity index (χ3v) is 6.83. The molecule has 0 amide bonds. The summed E-state index contributed by atoms with van der Waals surface area (Å²) in [6, 6.07) is 21.2. The van der Waals surface area contributed by atoms with Gasteiger partial charge in [0.1, 0.15) is 5.76 Å². The number of benzene rings is 2. The third-order valence-electron chi connectivity index (χ3n) is 5.87. The van der Waals surface area contributed by atoms with Crippen LogP contribution in [0.4, 0.5) is 5.13 Å². The molecule has 0 atom stereocenters. The molecule has 2 aromatic carbocycles. The van der Waals surface area contributed by atoms with E-state index in [-0.39, 0.29) is 19.0 Å². The average molecular weight is 493 g/mol. The molecule has 5 nitrogen and oxygen atoms in total. The fourth-order valence-electron chi connectivity index (χ4n) is 4.31. The van der Waals surface area contributed by atoms with Gasteiger partial charge in [0.05, 0.1) is 9.88 Å².